The number of fused-ring (bicyclic) bond motifs is 3. The van der Waals surface area contributed by atoms with Crippen LogP contribution in [-0.4, -0.2) is 52.1 Å². The average molecular weight is 481 g/mol. The van der Waals surface area contributed by atoms with Crippen molar-refractivity contribution < 1.29 is 0 Å². The van der Waals surface area contributed by atoms with E-state index in [1.807, 2.05) is 13.8 Å². The number of aromatic amines is 1. The van der Waals surface area contributed by atoms with Gasteiger partial charge >= 0.3 is 0 Å². The predicted octanol–water partition coefficient (Wildman–Crippen LogP) is 6.64. The lowest BCUT2D eigenvalue weighted by molar-refractivity contribution is 0.119. The van der Waals surface area contributed by atoms with Gasteiger partial charge in [0, 0.05) is 49.7 Å². The molecule has 1 aliphatic rings. The van der Waals surface area contributed by atoms with Crippen LogP contribution >= 0.6 is 0 Å². The number of piperazine rings is 1. The third kappa shape index (κ3) is 6.08. The molecule has 194 valence electrons. The Kier molecular flexibility index (Phi) is 9.03. The number of unbranched alkanes of at least 4 members (excludes halogenated alkanes) is 1. The minimum atomic E-state index is 0.370. The number of pyridine rings is 1. The van der Waals surface area contributed by atoms with Crippen molar-refractivity contribution in [3.63, 3.8) is 0 Å². The van der Waals surface area contributed by atoms with E-state index in [4.69, 9.17) is 15.7 Å². The molecule has 3 heterocycles. The summed E-state index contributed by atoms with van der Waals surface area (Å²) in [6.45, 7) is 22.4. The van der Waals surface area contributed by atoms with E-state index in [-0.39, 0.29) is 0 Å². The number of anilines is 2. The second-order valence-electron chi connectivity index (χ2n) is 10.9. The smallest absolute Gasteiger partial charge is 0.150 e. The van der Waals surface area contributed by atoms with Crippen molar-refractivity contribution in [1.82, 2.24) is 19.9 Å². The van der Waals surface area contributed by atoms with Crippen molar-refractivity contribution in [2.75, 3.05) is 36.8 Å². The quantitative estimate of drug-likeness (QED) is 0.378. The van der Waals surface area contributed by atoms with Gasteiger partial charge in [0.1, 0.15) is 22.7 Å². The molecule has 0 spiro atoms. The molecule has 2 aromatic heterocycles. The van der Waals surface area contributed by atoms with Gasteiger partial charge < -0.3 is 15.6 Å². The highest BCUT2D eigenvalue weighted by molar-refractivity contribution is 6.06. The zero-order chi connectivity index (χ0) is 25.8. The Morgan fingerprint density at radius 1 is 1.06 bits per heavy atom. The first-order valence-electron chi connectivity index (χ1n) is 13.8. The van der Waals surface area contributed by atoms with Crippen LogP contribution < -0.4 is 10.6 Å². The number of hydrogen-bond acceptors (Lipinski definition) is 5. The lowest BCUT2D eigenvalue weighted by atomic mass is 9.76. The standard InChI is InChI=1S/C27H42N6.C2H6/c1-7-8-9-23-30-24-21-11-10-20(16-22(21)29-26(28)25(24)31-23)33-14-12-32(13-15-33)19(4)17-27(5,6)18(2)3;1-2/h10-11,16,18-19H,7-9,12-15,17H2,1-6H3,(H2,28,29)(H,30,31);1-2H3. The second-order valence-corrected chi connectivity index (χ2v) is 10.9. The SMILES string of the molecule is CC.CCCCc1nc2c([nH]1)c(N)nc1cc(N3CCN(C(C)CC(C)(C)C(C)C)CC3)ccc12. The van der Waals surface area contributed by atoms with Crippen molar-refractivity contribution in [2.45, 2.75) is 87.1 Å². The minimum absolute atomic E-state index is 0.370. The lowest BCUT2D eigenvalue weighted by Crippen LogP contribution is -2.50. The summed E-state index contributed by atoms with van der Waals surface area (Å²) in [6, 6.07) is 7.19. The third-order valence-electron chi connectivity index (χ3n) is 7.94. The van der Waals surface area contributed by atoms with Crippen molar-refractivity contribution in [2.24, 2.45) is 11.3 Å². The van der Waals surface area contributed by atoms with Gasteiger partial charge in [-0.25, -0.2) is 9.97 Å². The van der Waals surface area contributed by atoms with Gasteiger partial charge in [-0.1, -0.05) is 54.9 Å². The summed E-state index contributed by atoms with van der Waals surface area (Å²) in [4.78, 5) is 18.1. The molecule has 4 rings (SSSR count). The maximum Gasteiger partial charge on any atom is 0.150 e. The predicted molar refractivity (Wildman–Crippen MR) is 152 cm³/mol. The van der Waals surface area contributed by atoms with Crippen LogP contribution in [0.25, 0.3) is 21.9 Å². The number of imidazole rings is 1. The van der Waals surface area contributed by atoms with Crippen LogP contribution in [0.2, 0.25) is 0 Å². The van der Waals surface area contributed by atoms with Crippen LogP contribution in [0.3, 0.4) is 0 Å². The van der Waals surface area contributed by atoms with Crippen LogP contribution in [0.1, 0.15) is 80.5 Å². The molecule has 1 aromatic carbocycles. The van der Waals surface area contributed by atoms with E-state index in [2.05, 4.69) is 74.5 Å². The maximum atomic E-state index is 6.31. The molecule has 0 amide bonds. The molecule has 0 radical (unpaired) electrons. The van der Waals surface area contributed by atoms with Gasteiger partial charge in [-0.2, -0.15) is 0 Å². The molecule has 6 heteroatoms. The van der Waals surface area contributed by atoms with E-state index < -0.39 is 0 Å². The van der Waals surface area contributed by atoms with E-state index in [9.17, 15) is 0 Å². The summed E-state index contributed by atoms with van der Waals surface area (Å²) in [6.07, 6.45) is 4.45. The van der Waals surface area contributed by atoms with Crippen molar-refractivity contribution in [3.05, 3.63) is 24.0 Å². The number of benzene rings is 1. The summed E-state index contributed by atoms with van der Waals surface area (Å²) in [5.74, 6) is 2.24. The molecular formula is C29H48N6. The summed E-state index contributed by atoms with van der Waals surface area (Å²) >= 11 is 0. The molecule has 35 heavy (non-hydrogen) atoms. The number of H-pyrrole nitrogens is 1. The Morgan fingerprint density at radius 2 is 1.74 bits per heavy atom. The summed E-state index contributed by atoms with van der Waals surface area (Å²) in [5, 5.41) is 1.07. The Morgan fingerprint density at radius 3 is 2.37 bits per heavy atom. The Bertz CT molecular complexity index is 1090. The van der Waals surface area contributed by atoms with Gasteiger partial charge in [-0.3, -0.25) is 4.90 Å². The third-order valence-corrected chi connectivity index (χ3v) is 7.94. The van der Waals surface area contributed by atoms with Crippen molar-refractivity contribution in [1.29, 1.82) is 0 Å². The van der Waals surface area contributed by atoms with Crippen LogP contribution in [0, 0.1) is 11.3 Å². The van der Waals surface area contributed by atoms with Crippen LogP contribution in [-0.2, 0) is 6.42 Å². The Labute approximate surface area is 212 Å². The monoisotopic (exact) mass is 480 g/mol. The fourth-order valence-corrected chi connectivity index (χ4v) is 5.01. The molecule has 0 bridgehead atoms. The highest BCUT2D eigenvalue weighted by atomic mass is 15.3. The molecule has 6 nitrogen and oxygen atoms in total. The number of nitrogen functional groups attached to an aromatic ring is 1. The summed E-state index contributed by atoms with van der Waals surface area (Å²) < 4.78 is 0. The van der Waals surface area contributed by atoms with Crippen LogP contribution in [0.15, 0.2) is 18.2 Å². The number of aromatic nitrogens is 3. The fraction of sp³-hybridized carbons (Fsp3) is 0.655. The second kappa shape index (κ2) is 11.6. The van der Waals surface area contributed by atoms with E-state index in [1.165, 1.54) is 12.1 Å². The van der Waals surface area contributed by atoms with Gasteiger partial charge in [0.15, 0.2) is 0 Å². The zero-order valence-electron chi connectivity index (χ0n) is 23.4. The number of nitrogens with one attached hydrogen (secondary N) is 1. The molecule has 0 saturated carbocycles. The topological polar surface area (TPSA) is 74.1 Å². The first kappa shape index (κ1) is 27.3. The van der Waals surface area contributed by atoms with Crippen LogP contribution in [0.5, 0.6) is 0 Å². The van der Waals surface area contributed by atoms with Gasteiger partial charge in [0.25, 0.3) is 0 Å². The molecular weight excluding hydrogens is 432 g/mol. The van der Waals surface area contributed by atoms with Crippen molar-refractivity contribution >= 4 is 33.4 Å². The largest absolute Gasteiger partial charge is 0.382 e. The summed E-state index contributed by atoms with van der Waals surface area (Å²) in [7, 11) is 0. The molecule has 1 fully saturated rings. The molecule has 1 saturated heterocycles. The van der Waals surface area contributed by atoms with Gasteiger partial charge in [0.05, 0.1) is 5.52 Å². The maximum absolute atomic E-state index is 6.31. The highest BCUT2D eigenvalue weighted by Crippen LogP contribution is 2.34. The Balaban J connectivity index is 0.00000167. The molecule has 1 atom stereocenters. The van der Waals surface area contributed by atoms with Gasteiger partial charge in [-0.15, -0.1) is 0 Å². The van der Waals surface area contributed by atoms with Crippen molar-refractivity contribution in [3.8, 4) is 0 Å². The highest BCUT2D eigenvalue weighted by Gasteiger charge is 2.29. The lowest BCUT2D eigenvalue weighted by Gasteiger charge is -2.42. The Hall–Kier alpha value is -2.34. The molecule has 0 aliphatic carbocycles. The number of rotatable bonds is 8. The molecule has 3 N–H and O–H groups in total. The molecule has 3 aromatic rings. The van der Waals surface area contributed by atoms with E-state index in [1.54, 1.807) is 0 Å². The normalized spacial score (nSPS) is 16.1. The number of nitrogens with two attached hydrogens (primary N) is 1. The van der Waals surface area contributed by atoms with Gasteiger partial charge in [0.2, 0.25) is 0 Å². The average Bonchev–Trinajstić information content (AvgIpc) is 3.28. The zero-order valence-corrected chi connectivity index (χ0v) is 23.4. The van der Waals surface area contributed by atoms with E-state index in [0.717, 1.165) is 73.2 Å². The first-order valence-corrected chi connectivity index (χ1v) is 13.8. The fourth-order valence-electron chi connectivity index (χ4n) is 5.01. The first-order chi connectivity index (χ1) is 16.7. The van der Waals surface area contributed by atoms with E-state index in [0.29, 0.717) is 23.2 Å². The van der Waals surface area contributed by atoms with E-state index >= 15 is 0 Å². The number of aryl methyl sites for hydroxylation is 1. The number of hydrogen-bond donors (Lipinski definition) is 2. The van der Waals surface area contributed by atoms with Gasteiger partial charge in [-0.05, 0) is 49.3 Å². The molecule has 1 unspecified atom stereocenters. The van der Waals surface area contributed by atoms with Crippen LogP contribution in [0.4, 0.5) is 11.5 Å². The molecule has 1 aliphatic heterocycles. The number of nitrogens with zero attached hydrogens (tertiary/aromatic N) is 4. The summed E-state index contributed by atoms with van der Waals surface area (Å²) in [5.41, 5.74) is 10.7. The minimum Gasteiger partial charge on any atom is -0.382 e.